The number of likely N-dealkylation sites (tertiary alicyclic amines) is 1. The first kappa shape index (κ1) is 22.0. The Morgan fingerprint density at radius 1 is 1.44 bits per heavy atom. The van der Waals surface area contributed by atoms with Crippen LogP contribution in [0.4, 0.5) is 9.80 Å². The first-order valence-corrected chi connectivity index (χ1v) is 11.3. The Morgan fingerprint density at radius 2 is 2.28 bits per heavy atom. The highest BCUT2D eigenvalue weighted by molar-refractivity contribution is 7.16. The first-order valence-electron chi connectivity index (χ1n) is 10.5. The van der Waals surface area contributed by atoms with Crippen LogP contribution in [0.15, 0.2) is 30.6 Å². The summed E-state index contributed by atoms with van der Waals surface area (Å²) in [4.78, 5) is 31.2. The molecule has 0 bridgehead atoms. The van der Waals surface area contributed by atoms with Crippen molar-refractivity contribution in [2.75, 3.05) is 32.1 Å². The second kappa shape index (κ2) is 9.94. The van der Waals surface area contributed by atoms with Crippen LogP contribution in [-0.4, -0.2) is 54.8 Å². The molecule has 1 aliphatic carbocycles. The fourth-order valence-corrected chi connectivity index (χ4v) is 5.13. The van der Waals surface area contributed by atoms with Gasteiger partial charge >= 0.3 is 6.09 Å². The number of amides is 2. The highest BCUT2D eigenvalue weighted by atomic mass is 32.1. The summed E-state index contributed by atoms with van der Waals surface area (Å²) in [7, 11) is 1.64. The van der Waals surface area contributed by atoms with Crippen molar-refractivity contribution in [3.63, 3.8) is 0 Å². The van der Waals surface area contributed by atoms with Crippen LogP contribution in [0.3, 0.4) is 0 Å². The molecule has 2 aromatic heterocycles. The zero-order valence-corrected chi connectivity index (χ0v) is 18.6. The average Bonchev–Trinajstić information content (AvgIpc) is 3.12. The van der Waals surface area contributed by atoms with Gasteiger partial charge in [0.25, 0.3) is 0 Å². The molecule has 0 spiro atoms. The second-order valence-electron chi connectivity index (χ2n) is 7.88. The van der Waals surface area contributed by atoms with Gasteiger partial charge in [-0.05, 0) is 48.4 Å². The molecule has 2 amide bonds. The van der Waals surface area contributed by atoms with Crippen molar-refractivity contribution in [3.05, 3.63) is 52.2 Å². The van der Waals surface area contributed by atoms with Gasteiger partial charge in [-0.1, -0.05) is 6.07 Å². The molecule has 2 aromatic rings. The highest BCUT2D eigenvalue weighted by Crippen LogP contribution is 2.39. The number of carbonyl (C=O) groups excluding carboxylic acids is 2. The maximum Gasteiger partial charge on any atom is 0.409 e. The number of anilines is 1. The number of nitrogens with zero attached hydrogens (tertiary/aromatic N) is 3. The van der Waals surface area contributed by atoms with E-state index in [9.17, 15) is 14.9 Å². The van der Waals surface area contributed by atoms with Crippen LogP contribution in [-0.2, 0) is 27.1 Å². The number of thiophene rings is 1. The van der Waals surface area contributed by atoms with Crippen LogP contribution in [0.1, 0.15) is 28.0 Å². The minimum Gasteiger partial charge on any atom is -0.449 e. The number of pyridine rings is 1. The summed E-state index contributed by atoms with van der Waals surface area (Å²) in [5.74, 6) is -0.0940. The number of hydrogen-bond acceptors (Lipinski definition) is 7. The number of nitrogens with one attached hydrogen (secondary N) is 1. The monoisotopic (exact) mass is 452 g/mol. The number of aromatic nitrogens is 1. The Morgan fingerprint density at radius 3 is 3.00 bits per heavy atom. The molecule has 4 rings (SSSR count). The summed E-state index contributed by atoms with van der Waals surface area (Å²) < 4.78 is 10.7. The van der Waals surface area contributed by atoms with Gasteiger partial charge in [-0.3, -0.25) is 9.78 Å². The molecule has 1 atom stereocenters. The topological polar surface area (TPSA) is 105 Å². The molecule has 1 saturated heterocycles. The number of nitriles is 1. The normalized spacial score (nSPS) is 18.0. The molecule has 1 aliphatic heterocycles. The van der Waals surface area contributed by atoms with Gasteiger partial charge in [-0.25, -0.2) is 4.79 Å². The molecular formula is C23H24N4O4S. The molecule has 0 aromatic carbocycles. The number of ether oxygens (including phenoxy) is 2. The van der Waals surface area contributed by atoms with Gasteiger partial charge in [-0.2, -0.15) is 5.26 Å². The van der Waals surface area contributed by atoms with Crippen molar-refractivity contribution in [1.82, 2.24) is 9.88 Å². The Balaban J connectivity index is 1.34. The van der Waals surface area contributed by atoms with Gasteiger partial charge in [0.05, 0.1) is 31.4 Å². The van der Waals surface area contributed by atoms with Gasteiger partial charge in [-0.15, -0.1) is 11.3 Å². The minimum atomic E-state index is -0.304. The molecule has 1 fully saturated rings. The van der Waals surface area contributed by atoms with Crippen LogP contribution >= 0.6 is 11.3 Å². The van der Waals surface area contributed by atoms with E-state index in [1.807, 2.05) is 6.07 Å². The summed E-state index contributed by atoms with van der Waals surface area (Å²) in [6.45, 7) is 1.49. The van der Waals surface area contributed by atoms with E-state index >= 15 is 0 Å². The van der Waals surface area contributed by atoms with Crippen molar-refractivity contribution in [3.8, 4) is 6.07 Å². The summed E-state index contributed by atoms with van der Waals surface area (Å²) in [6, 6.07) is 5.90. The highest BCUT2D eigenvalue weighted by Gasteiger charge is 2.33. The lowest BCUT2D eigenvalue weighted by atomic mass is 9.88. The number of carbonyl (C=O) groups is 2. The van der Waals surface area contributed by atoms with Crippen molar-refractivity contribution in [1.29, 1.82) is 5.26 Å². The Hall–Kier alpha value is -3.22. The van der Waals surface area contributed by atoms with Gasteiger partial charge in [0.2, 0.25) is 5.91 Å². The number of rotatable bonds is 6. The molecule has 2 aliphatic rings. The quantitative estimate of drug-likeness (QED) is 0.675. The van der Waals surface area contributed by atoms with E-state index in [0.29, 0.717) is 30.3 Å². The molecule has 8 nitrogen and oxygen atoms in total. The van der Waals surface area contributed by atoms with E-state index < -0.39 is 0 Å². The van der Waals surface area contributed by atoms with E-state index in [2.05, 4.69) is 16.4 Å². The Kier molecular flexibility index (Phi) is 6.83. The van der Waals surface area contributed by atoms with Crippen LogP contribution in [0.5, 0.6) is 0 Å². The Bertz CT molecular complexity index is 1050. The largest absolute Gasteiger partial charge is 0.449 e. The number of methoxy groups -OCH3 is 1. The molecule has 9 heteroatoms. The minimum absolute atomic E-state index is 0.100. The Labute approximate surface area is 190 Å². The van der Waals surface area contributed by atoms with Crippen molar-refractivity contribution >= 4 is 34.4 Å². The predicted octanol–water partition coefficient (Wildman–Crippen LogP) is 3.24. The van der Waals surface area contributed by atoms with E-state index in [0.717, 1.165) is 35.3 Å². The summed E-state index contributed by atoms with van der Waals surface area (Å²) >= 11 is 1.43. The smallest absolute Gasteiger partial charge is 0.409 e. The summed E-state index contributed by atoms with van der Waals surface area (Å²) in [5.41, 5.74) is 2.36. The zero-order valence-electron chi connectivity index (χ0n) is 17.7. The fourth-order valence-electron chi connectivity index (χ4n) is 3.82. The van der Waals surface area contributed by atoms with Gasteiger partial charge in [0, 0.05) is 30.5 Å². The third-order valence-corrected chi connectivity index (χ3v) is 6.88. The van der Waals surface area contributed by atoms with Crippen LogP contribution in [0.2, 0.25) is 0 Å². The zero-order chi connectivity index (χ0) is 22.5. The lowest BCUT2D eigenvalue weighted by Gasteiger charge is -2.37. The molecule has 1 unspecified atom stereocenters. The predicted molar refractivity (Wildman–Crippen MR) is 120 cm³/mol. The van der Waals surface area contributed by atoms with Crippen molar-refractivity contribution < 1.29 is 19.1 Å². The fraction of sp³-hybridized carbons (Fsp3) is 0.391. The summed E-state index contributed by atoms with van der Waals surface area (Å²) in [5, 5.41) is 13.1. The van der Waals surface area contributed by atoms with Gasteiger partial charge in [0.15, 0.2) is 0 Å². The first-order chi connectivity index (χ1) is 15.6. The lowest BCUT2D eigenvalue weighted by molar-refractivity contribution is -0.111. The molecule has 0 radical (unpaired) electrons. The van der Waals surface area contributed by atoms with Crippen molar-refractivity contribution in [2.24, 2.45) is 5.92 Å². The molecular weight excluding hydrogens is 428 g/mol. The van der Waals surface area contributed by atoms with E-state index in [-0.39, 0.29) is 24.0 Å². The number of fused-ring (bicyclic) bond motifs is 1. The third kappa shape index (κ3) is 4.98. The molecule has 0 saturated carbocycles. The van der Waals surface area contributed by atoms with Crippen LogP contribution < -0.4 is 5.32 Å². The average molecular weight is 453 g/mol. The number of hydrogen-bond donors (Lipinski definition) is 1. The maximum absolute atomic E-state index is 12.4. The molecule has 166 valence electrons. The summed E-state index contributed by atoms with van der Waals surface area (Å²) in [6.07, 6.45) is 8.53. The van der Waals surface area contributed by atoms with E-state index in [1.165, 1.54) is 17.4 Å². The van der Waals surface area contributed by atoms with Gasteiger partial charge in [0.1, 0.15) is 11.1 Å². The van der Waals surface area contributed by atoms with Crippen LogP contribution in [0.25, 0.3) is 6.08 Å². The molecule has 32 heavy (non-hydrogen) atoms. The molecule has 1 N–H and O–H groups in total. The standard InChI is InChI=1S/C23H24N4O4S/c1-30-17-12-27(13-17)23(29)31-14-16-4-6-18-19(10-24)22(32-20(18)9-16)26-21(28)7-5-15-3-2-8-25-11-15/h2-3,5,7-8,11,16-17H,4,6,9,12-14H2,1H3,(H,26,28)/b7-5+. The van der Waals surface area contributed by atoms with Crippen LogP contribution in [0, 0.1) is 17.2 Å². The van der Waals surface area contributed by atoms with Gasteiger partial charge < -0.3 is 19.7 Å². The maximum atomic E-state index is 12.4. The SMILES string of the molecule is COC1CN(C(=O)OCC2CCc3c(sc(NC(=O)/C=C/c4cccnc4)c3C#N)C2)C1. The third-order valence-electron chi connectivity index (χ3n) is 5.71. The van der Waals surface area contributed by atoms with E-state index in [4.69, 9.17) is 9.47 Å². The van der Waals surface area contributed by atoms with Crippen molar-refractivity contribution in [2.45, 2.75) is 25.4 Å². The lowest BCUT2D eigenvalue weighted by Crippen LogP contribution is -2.54. The molecule has 3 heterocycles. The second-order valence-corrected chi connectivity index (χ2v) is 8.98. The van der Waals surface area contributed by atoms with E-state index in [1.54, 1.807) is 36.5 Å².